The maximum absolute atomic E-state index is 9.89. The third kappa shape index (κ3) is 2.83. The predicted molar refractivity (Wildman–Crippen MR) is 102 cm³/mol. The Balaban J connectivity index is 2.24. The van der Waals surface area contributed by atoms with Crippen molar-refractivity contribution in [2.45, 2.75) is 25.8 Å². The van der Waals surface area contributed by atoms with E-state index < -0.39 is 17.3 Å². The van der Waals surface area contributed by atoms with Gasteiger partial charge in [-0.05, 0) is 37.1 Å². The number of rotatable bonds is 2. The molecule has 0 radical (unpaired) electrons. The first-order valence-corrected chi connectivity index (χ1v) is 9.39. The Morgan fingerprint density at radius 1 is 1.22 bits per heavy atom. The molecule has 2 unspecified atom stereocenters. The van der Waals surface area contributed by atoms with Crippen molar-refractivity contribution in [3.8, 4) is 18.2 Å². The number of hydrogen-bond acceptors (Lipinski definition) is 4. The van der Waals surface area contributed by atoms with Crippen molar-refractivity contribution in [3.05, 3.63) is 46.5 Å². The lowest BCUT2D eigenvalue weighted by Gasteiger charge is -2.46. The Morgan fingerprint density at radius 2 is 1.89 bits per heavy atom. The molecule has 0 spiro atoms. The van der Waals surface area contributed by atoms with Gasteiger partial charge in [0.15, 0.2) is 5.41 Å². The maximum Gasteiger partial charge on any atom is 0.186 e. The second-order valence-corrected chi connectivity index (χ2v) is 7.94. The lowest BCUT2D eigenvalue weighted by atomic mass is 9.55. The average Bonchev–Trinajstić information content (AvgIpc) is 2.67. The van der Waals surface area contributed by atoms with Crippen molar-refractivity contribution in [1.82, 2.24) is 0 Å². The van der Waals surface area contributed by atoms with E-state index in [1.165, 1.54) is 4.90 Å². The summed E-state index contributed by atoms with van der Waals surface area (Å²) in [6, 6.07) is 14.0. The van der Waals surface area contributed by atoms with Crippen molar-refractivity contribution < 1.29 is 4.90 Å². The van der Waals surface area contributed by atoms with Crippen LogP contribution in [-0.2, 0) is 0 Å². The lowest BCUT2D eigenvalue weighted by molar-refractivity contribution is -0.920. The summed E-state index contributed by atoms with van der Waals surface area (Å²) in [5.74, 6) is -1.71. The number of nitrogens with zero attached hydrogens (tertiary/aromatic N) is 3. The molecule has 2 N–H and O–H groups in total. The molecule has 1 aromatic rings. The highest BCUT2D eigenvalue weighted by Gasteiger charge is 2.58. The number of nitrogens with one attached hydrogen (secondary N) is 2. The third-order valence-corrected chi connectivity index (χ3v) is 6.29. The van der Waals surface area contributed by atoms with Crippen LogP contribution in [0, 0.1) is 56.7 Å². The number of halogens is 1. The predicted octanol–water partition coefficient (Wildman–Crippen LogP) is 2.48. The first-order chi connectivity index (χ1) is 12.9. The first kappa shape index (κ1) is 19.1. The van der Waals surface area contributed by atoms with E-state index in [4.69, 9.17) is 17.0 Å². The Kier molecular flexibility index (Phi) is 5.07. The van der Waals surface area contributed by atoms with Gasteiger partial charge in [-0.1, -0.05) is 29.8 Å². The molecule has 0 saturated heterocycles. The van der Waals surface area contributed by atoms with Gasteiger partial charge in [0, 0.05) is 22.6 Å². The lowest BCUT2D eigenvalue weighted by Crippen LogP contribution is -3.16. The van der Waals surface area contributed by atoms with E-state index in [1.54, 1.807) is 6.07 Å². The molecule has 1 aromatic carbocycles. The molecule has 3 rings (SSSR count). The molecule has 0 bridgehead atoms. The molecule has 1 saturated carbocycles. The fourth-order valence-electron chi connectivity index (χ4n) is 4.45. The van der Waals surface area contributed by atoms with Crippen LogP contribution in [0.1, 0.15) is 25.3 Å². The van der Waals surface area contributed by atoms with Crippen molar-refractivity contribution >= 4 is 17.3 Å². The van der Waals surface area contributed by atoms with E-state index >= 15 is 0 Å². The van der Waals surface area contributed by atoms with Gasteiger partial charge in [0.05, 0.1) is 37.3 Å². The molecule has 6 heteroatoms. The minimum Gasteiger partial charge on any atom is -0.329 e. The Hall–Kier alpha value is -2.65. The summed E-state index contributed by atoms with van der Waals surface area (Å²) < 4.78 is 0. The summed E-state index contributed by atoms with van der Waals surface area (Å²) in [6.45, 7) is 5.67. The van der Waals surface area contributed by atoms with Crippen LogP contribution in [0.2, 0.25) is 5.02 Å². The summed E-state index contributed by atoms with van der Waals surface area (Å²) in [5, 5.41) is 38.9. The van der Waals surface area contributed by atoms with Gasteiger partial charge in [-0.2, -0.15) is 15.8 Å². The largest absolute Gasteiger partial charge is 0.329 e. The van der Waals surface area contributed by atoms with E-state index in [-0.39, 0.29) is 11.6 Å². The van der Waals surface area contributed by atoms with Gasteiger partial charge in [-0.3, -0.25) is 0 Å². The monoisotopic (exact) mass is 378 g/mol. The molecule has 1 aliphatic carbocycles. The van der Waals surface area contributed by atoms with Crippen LogP contribution >= 0.6 is 11.6 Å². The van der Waals surface area contributed by atoms with Gasteiger partial charge < -0.3 is 10.3 Å². The van der Waals surface area contributed by atoms with E-state index in [0.717, 1.165) is 5.56 Å². The van der Waals surface area contributed by atoms with Crippen LogP contribution in [0.5, 0.6) is 0 Å². The molecule has 0 amide bonds. The molecule has 1 fully saturated rings. The smallest absolute Gasteiger partial charge is 0.186 e. The number of hydrogen-bond donors (Lipinski definition) is 2. The number of quaternary nitrogens is 1. The molecular weight excluding hydrogens is 358 g/mol. The fourth-order valence-corrected chi connectivity index (χ4v) is 4.70. The molecular formula is C21H21ClN5+. The molecule has 2 aliphatic rings. The third-order valence-electron chi connectivity index (χ3n) is 5.94. The van der Waals surface area contributed by atoms with Crippen molar-refractivity contribution in [2.75, 3.05) is 13.1 Å². The van der Waals surface area contributed by atoms with Crippen LogP contribution in [0.25, 0.3) is 0 Å². The van der Waals surface area contributed by atoms with Gasteiger partial charge in [-0.25, -0.2) is 0 Å². The van der Waals surface area contributed by atoms with Crippen LogP contribution in [-0.4, -0.2) is 24.8 Å². The first-order valence-electron chi connectivity index (χ1n) is 9.01. The van der Waals surface area contributed by atoms with Crippen molar-refractivity contribution in [3.63, 3.8) is 0 Å². The second-order valence-electron chi connectivity index (χ2n) is 7.54. The summed E-state index contributed by atoms with van der Waals surface area (Å²) in [5.41, 5.74) is -0.0171. The Morgan fingerprint density at radius 3 is 2.44 bits per heavy atom. The van der Waals surface area contributed by atoms with Crippen LogP contribution in [0.15, 0.2) is 35.9 Å². The van der Waals surface area contributed by atoms with Gasteiger partial charge in [-0.15, -0.1) is 0 Å². The molecule has 0 aromatic heterocycles. The highest BCUT2D eigenvalue weighted by molar-refractivity contribution is 6.31. The summed E-state index contributed by atoms with van der Waals surface area (Å²) in [4.78, 5) is 1.33. The number of nitriles is 3. The highest BCUT2D eigenvalue weighted by Crippen LogP contribution is 2.52. The average molecular weight is 379 g/mol. The SMILES string of the molecule is CC(C)[NH+]1CC=C2[C@@H](C1)[C@H](c1ccccc1Cl)C(=N)C(C#N)C2(C#N)C#N. The molecule has 4 atom stereocenters. The van der Waals surface area contributed by atoms with Crippen LogP contribution in [0.3, 0.4) is 0 Å². The van der Waals surface area contributed by atoms with Gasteiger partial charge in [0.2, 0.25) is 0 Å². The maximum atomic E-state index is 9.89. The number of fused-ring (bicyclic) bond motifs is 1. The Labute approximate surface area is 164 Å². The zero-order valence-electron chi connectivity index (χ0n) is 15.3. The minimum absolute atomic E-state index is 0.112. The minimum atomic E-state index is -1.60. The van der Waals surface area contributed by atoms with E-state index in [2.05, 4.69) is 32.1 Å². The summed E-state index contributed by atoms with van der Waals surface area (Å²) in [7, 11) is 0. The standard InChI is InChI=1S/C21H20ClN5/c1-13(2)27-8-7-16-15(10-27)19(14-5-3-4-6-18(14)22)20(26)17(9-23)21(16,11-24)12-25/h3-7,13,15,17,19,26H,8,10H2,1-2H3/p+1/t15-,17?,19+/m1/s1. The van der Waals surface area contributed by atoms with Crippen molar-refractivity contribution in [1.29, 1.82) is 21.2 Å². The highest BCUT2D eigenvalue weighted by atomic mass is 35.5. The van der Waals surface area contributed by atoms with Crippen molar-refractivity contribution in [2.24, 2.45) is 17.3 Å². The van der Waals surface area contributed by atoms with Gasteiger partial charge in [0.1, 0.15) is 5.92 Å². The van der Waals surface area contributed by atoms with E-state index in [1.807, 2.05) is 24.3 Å². The van der Waals surface area contributed by atoms with E-state index in [0.29, 0.717) is 29.7 Å². The Bertz CT molecular complexity index is 913. The zero-order chi connectivity index (χ0) is 19.8. The quantitative estimate of drug-likeness (QED) is 0.773. The van der Waals surface area contributed by atoms with Crippen LogP contribution in [0.4, 0.5) is 0 Å². The summed E-state index contributed by atoms with van der Waals surface area (Å²) >= 11 is 6.45. The second kappa shape index (κ2) is 7.16. The zero-order valence-corrected chi connectivity index (χ0v) is 16.1. The van der Waals surface area contributed by atoms with Gasteiger partial charge in [0.25, 0.3) is 0 Å². The normalized spacial score (nSPS) is 29.1. The molecule has 1 heterocycles. The summed E-state index contributed by atoms with van der Waals surface area (Å²) in [6.07, 6.45) is 1.95. The molecule has 1 aliphatic heterocycles. The molecule has 27 heavy (non-hydrogen) atoms. The molecule has 136 valence electrons. The molecule has 5 nitrogen and oxygen atoms in total. The van der Waals surface area contributed by atoms with E-state index in [9.17, 15) is 15.8 Å². The van der Waals surface area contributed by atoms with Gasteiger partial charge >= 0.3 is 0 Å². The van der Waals surface area contributed by atoms with Crippen LogP contribution < -0.4 is 4.90 Å². The topological polar surface area (TPSA) is 99.7 Å². The number of benzene rings is 1. The fraction of sp³-hybridized carbons (Fsp3) is 0.429.